The van der Waals surface area contributed by atoms with Crippen LogP contribution < -0.4 is 4.74 Å². The van der Waals surface area contributed by atoms with E-state index in [1.54, 1.807) is 19.5 Å². The highest BCUT2D eigenvalue weighted by atomic mass is 16.5. The van der Waals surface area contributed by atoms with Gasteiger partial charge in [0.15, 0.2) is 0 Å². The summed E-state index contributed by atoms with van der Waals surface area (Å²) in [6.45, 7) is 0. The van der Waals surface area contributed by atoms with Crippen LogP contribution in [0.5, 0.6) is 5.75 Å². The van der Waals surface area contributed by atoms with Gasteiger partial charge < -0.3 is 9.94 Å². The Hall–Kier alpha value is -2.36. The second-order valence-electron chi connectivity index (χ2n) is 3.81. The topological polar surface area (TPSA) is 54.7 Å². The summed E-state index contributed by atoms with van der Waals surface area (Å²) in [4.78, 5) is 3.96. The lowest BCUT2D eigenvalue weighted by atomic mass is 10.0. The van der Waals surface area contributed by atoms with E-state index in [9.17, 15) is 0 Å². The predicted octanol–water partition coefficient (Wildman–Crippen LogP) is 2.51. The van der Waals surface area contributed by atoms with Gasteiger partial charge in [-0.1, -0.05) is 5.16 Å². The SMILES string of the molecule is COc1ccc(/C(Cc2ccncc2)=N\O)cc1. The fourth-order valence-corrected chi connectivity index (χ4v) is 1.67. The zero-order valence-electron chi connectivity index (χ0n) is 10.1. The summed E-state index contributed by atoms with van der Waals surface area (Å²) in [5, 5.41) is 12.5. The average molecular weight is 242 g/mol. The van der Waals surface area contributed by atoms with E-state index in [0.29, 0.717) is 12.1 Å². The Morgan fingerprint density at radius 2 is 1.83 bits per heavy atom. The highest BCUT2D eigenvalue weighted by Gasteiger charge is 2.06. The normalized spacial score (nSPS) is 11.3. The fraction of sp³-hybridized carbons (Fsp3) is 0.143. The maximum absolute atomic E-state index is 9.11. The van der Waals surface area contributed by atoms with Gasteiger partial charge >= 0.3 is 0 Å². The Balaban J connectivity index is 2.18. The number of pyridine rings is 1. The third-order valence-corrected chi connectivity index (χ3v) is 2.66. The van der Waals surface area contributed by atoms with E-state index < -0.39 is 0 Å². The maximum atomic E-state index is 9.11. The van der Waals surface area contributed by atoms with Crippen LogP contribution >= 0.6 is 0 Å². The van der Waals surface area contributed by atoms with Gasteiger partial charge in [0.2, 0.25) is 0 Å². The Morgan fingerprint density at radius 1 is 1.17 bits per heavy atom. The van der Waals surface area contributed by atoms with Crippen LogP contribution in [-0.2, 0) is 6.42 Å². The number of oxime groups is 1. The maximum Gasteiger partial charge on any atom is 0.118 e. The lowest BCUT2D eigenvalue weighted by Gasteiger charge is -2.06. The Bertz CT molecular complexity index is 521. The van der Waals surface area contributed by atoms with Crippen LogP contribution in [0.1, 0.15) is 11.1 Å². The summed E-state index contributed by atoms with van der Waals surface area (Å²) < 4.78 is 5.09. The molecule has 1 aromatic heterocycles. The molecular formula is C14H14N2O2. The first-order chi connectivity index (χ1) is 8.83. The number of methoxy groups -OCH3 is 1. The molecule has 0 saturated carbocycles. The Labute approximate surface area is 106 Å². The highest BCUT2D eigenvalue weighted by Crippen LogP contribution is 2.14. The first-order valence-corrected chi connectivity index (χ1v) is 5.57. The third kappa shape index (κ3) is 2.85. The van der Waals surface area contributed by atoms with Crippen LogP contribution in [0.3, 0.4) is 0 Å². The molecule has 4 heteroatoms. The van der Waals surface area contributed by atoms with Gasteiger partial charge in [-0.2, -0.15) is 0 Å². The van der Waals surface area contributed by atoms with E-state index in [0.717, 1.165) is 16.9 Å². The van der Waals surface area contributed by atoms with Crippen molar-refractivity contribution in [1.29, 1.82) is 0 Å². The molecule has 4 nitrogen and oxygen atoms in total. The molecule has 92 valence electrons. The molecular weight excluding hydrogens is 228 g/mol. The summed E-state index contributed by atoms with van der Waals surface area (Å²) in [7, 11) is 1.62. The van der Waals surface area contributed by atoms with Gasteiger partial charge in [0.25, 0.3) is 0 Å². The van der Waals surface area contributed by atoms with Crippen LogP contribution in [0.2, 0.25) is 0 Å². The summed E-state index contributed by atoms with van der Waals surface area (Å²) in [5.41, 5.74) is 2.53. The van der Waals surface area contributed by atoms with Crippen LogP contribution in [0.15, 0.2) is 53.9 Å². The molecule has 1 aromatic carbocycles. The van der Waals surface area contributed by atoms with Crippen LogP contribution in [-0.4, -0.2) is 23.0 Å². The van der Waals surface area contributed by atoms with Crippen molar-refractivity contribution in [3.8, 4) is 5.75 Å². The second-order valence-corrected chi connectivity index (χ2v) is 3.81. The van der Waals surface area contributed by atoms with E-state index in [4.69, 9.17) is 9.94 Å². The number of ether oxygens (including phenoxy) is 1. The molecule has 0 bridgehead atoms. The minimum absolute atomic E-state index is 0.561. The van der Waals surface area contributed by atoms with Crippen LogP contribution in [0, 0.1) is 0 Å². The number of aromatic nitrogens is 1. The van der Waals surface area contributed by atoms with Crippen molar-refractivity contribution in [1.82, 2.24) is 4.98 Å². The molecule has 0 atom stereocenters. The zero-order chi connectivity index (χ0) is 12.8. The number of hydrogen-bond donors (Lipinski definition) is 1. The fourth-order valence-electron chi connectivity index (χ4n) is 1.67. The van der Waals surface area contributed by atoms with E-state index in [1.807, 2.05) is 36.4 Å². The molecule has 0 spiro atoms. The minimum atomic E-state index is 0.561. The van der Waals surface area contributed by atoms with Crippen molar-refractivity contribution in [2.45, 2.75) is 6.42 Å². The molecule has 0 radical (unpaired) electrons. The Morgan fingerprint density at radius 3 is 2.39 bits per heavy atom. The van der Waals surface area contributed by atoms with Crippen molar-refractivity contribution in [2.24, 2.45) is 5.16 Å². The van der Waals surface area contributed by atoms with Crippen molar-refractivity contribution in [3.05, 3.63) is 59.9 Å². The first kappa shape index (κ1) is 12.1. The summed E-state index contributed by atoms with van der Waals surface area (Å²) >= 11 is 0. The van der Waals surface area contributed by atoms with Gasteiger partial charge in [0.1, 0.15) is 5.75 Å². The van der Waals surface area contributed by atoms with Crippen molar-refractivity contribution in [2.75, 3.05) is 7.11 Å². The van der Waals surface area contributed by atoms with E-state index >= 15 is 0 Å². The first-order valence-electron chi connectivity index (χ1n) is 5.57. The standard InChI is InChI=1S/C14H14N2O2/c1-18-13-4-2-12(3-5-13)14(16-17)10-11-6-8-15-9-7-11/h2-9,17H,10H2,1H3/b16-14-. The van der Waals surface area contributed by atoms with Gasteiger partial charge in [0.05, 0.1) is 12.8 Å². The molecule has 0 aliphatic carbocycles. The smallest absolute Gasteiger partial charge is 0.118 e. The molecule has 1 N–H and O–H groups in total. The number of rotatable bonds is 4. The third-order valence-electron chi connectivity index (χ3n) is 2.66. The zero-order valence-corrected chi connectivity index (χ0v) is 10.1. The van der Waals surface area contributed by atoms with E-state index in [-0.39, 0.29) is 0 Å². The number of nitrogens with zero attached hydrogens (tertiary/aromatic N) is 2. The molecule has 0 aliphatic rings. The van der Waals surface area contributed by atoms with Gasteiger partial charge in [-0.15, -0.1) is 0 Å². The monoisotopic (exact) mass is 242 g/mol. The minimum Gasteiger partial charge on any atom is -0.497 e. The van der Waals surface area contributed by atoms with Gasteiger partial charge in [-0.05, 0) is 47.5 Å². The molecule has 0 saturated heterocycles. The molecule has 1 heterocycles. The van der Waals surface area contributed by atoms with Crippen LogP contribution in [0.4, 0.5) is 0 Å². The molecule has 0 amide bonds. The largest absolute Gasteiger partial charge is 0.497 e. The van der Waals surface area contributed by atoms with E-state index in [1.165, 1.54) is 0 Å². The Kier molecular flexibility index (Phi) is 3.91. The van der Waals surface area contributed by atoms with Gasteiger partial charge in [-0.3, -0.25) is 4.98 Å². The lowest BCUT2D eigenvalue weighted by molar-refractivity contribution is 0.318. The van der Waals surface area contributed by atoms with Crippen LogP contribution in [0.25, 0.3) is 0 Å². The summed E-state index contributed by atoms with van der Waals surface area (Å²) in [6, 6.07) is 11.2. The van der Waals surface area contributed by atoms with Crippen molar-refractivity contribution in [3.63, 3.8) is 0 Å². The van der Waals surface area contributed by atoms with Crippen molar-refractivity contribution >= 4 is 5.71 Å². The summed E-state index contributed by atoms with van der Waals surface area (Å²) in [6.07, 6.45) is 4.00. The number of hydrogen-bond acceptors (Lipinski definition) is 4. The predicted molar refractivity (Wildman–Crippen MR) is 69.3 cm³/mol. The number of benzene rings is 1. The molecule has 2 aromatic rings. The molecule has 0 aliphatic heterocycles. The molecule has 18 heavy (non-hydrogen) atoms. The molecule has 0 unspecified atom stereocenters. The highest BCUT2D eigenvalue weighted by molar-refractivity contribution is 6.01. The molecule has 0 fully saturated rings. The average Bonchev–Trinajstić information content (AvgIpc) is 2.46. The van der Waals surface area contributed by atoms with Crippen molar-refractivity contribution < 1.29 is 9.94 Å². The van der Waals surface area contributed by atoms with Gasteiger partial charge in [-0.25, -0.2) is 0 Å². The lowest BCUT2D eigenvalue weighted by Crippen LogP contribution is -2.05. The molecule has 2 rings (SSSR count). The van der Waals surface area contributed by atoms with E-state index in [2.05, 4.69) is 10.1 Å². The quantitative estimate of drug-likeness (QED) is 0.509. The second kappa shape index (κ2) is 5.82. The summed E-state index contributed by atoms with van der Waals surface area (Å²) in [5.74, 6) is 0.778. The van der Waals surface area contributed by atoms with Gasteiger partial charge in [0, 0.05) is 18.8 Å².